The largest absolute Gasteiger partial charge is 0.456 e. The standard InChI is InChI=1S/C72H46N2O/c1-5-17-47(18-6-1)53-37-54(48-19-7-2-8-20-48)40-57(39-53)51-29-33-69-63(43-51)61-25-13-15-27-67(61)73(69)59-31-35-71-65(45-59)66-46-60(32-36-72(66)75-71)74-68-28-16-14-26-62(68)64-44-52(30-34-70(64)74)58-41-55(49-21-9-3-10-22-49)38-56(42-58)50-23-11-4-12-24-50/h1-46H. The number of rotatable bonds is 8. The van der Waals surface area contributed by atoms with Gasteiger partial charge in [0.1, 0.15) is 11.2 Å². The van der Waals surface area contributed by atoms with Crippen LogP contribution in [0.4, 0.5) is 0 Å². The lowest BCUT2D eigenvalue weighted by atomic mass is 9.93. The van der Waals surface area contributed by atoms with Crippen molar-refractivity contribution in [2.75, 3.05) is 0 Å². The molecule has 0 aliphatic rings. The molecule has 350 valence electrons. The van der Waals surface area contributed by atoms with E-state index in [2.05, 4.69) is 288 Å². The molecule has 0 aliphatic heterocycles. The zero-order chi connectivity index (χ0) is 49.4. The first-order valence-electron chi connectivity index (χ1n) is 25.7. The van der Waals surface area contributed by atoms with Gasteiger partial charge in [-0.25, -0.2) is 0 Å². The molecule has 3 heterocycles. The highest BCUT2D eigenvalue weighted by Gasteiger charge is 2.19. The van der Waals surface area contributed by atoms with Gasteiger partial charge in [0.25, 0.3) is 0 Å². The number of para-hydroxylation sites is 2. The van der Waals surface area contributed by atoms with Gasteiger partial charge in [-0.05, 0) is 176 Å². The SMILES string of the molecule is c1ccc(-c2cc(-c3ccccc3)cc(-c3ccc4c(c3)c3ccccc3n4-c3ccc4oc5ccc(-n6c7ccccc7c7cc(-c8cc(-c9ccccc9)cc(-c9ccccc9)c8)ccc76)cc5c4c3)c2)cc1. The molecule has 3 nitrogen and oxygen atoms in total. The lowest BCUT2D eigenvalue weighted by Crippen LogP contribution is -1.94. The second-order valence-corrected chi connectivity index (χ2v) is 19.7. The molecule has 0 saturated carbocycles. The molecule has 0 unspecified atom stereocenters. The predicted octanol–water partition coefficient (Wildman–Crippen LogP) is 19.8. The second kappa shape index (κ2) is 17.4. The van der Waals surface area contributed by atoms with Crippen LogP contribution in [0.5, 0.6) is 0 Å². The van der Waals surface area contributed by atoms with E-state index in [4.69, 9.17) is 4.42 Å². The third-order valence-electron chi connectivity index (χ3n) is 15.3. The van der Waals surface area contributed by atoms with Gasteiger partial charge in [0.05, 0.1) is 22.1 Å². The summed E-state index contributed by atoms with van der Waals surface area (Å²) in [6.07, 6.45) is 0. The number of furan rings is 1. The van der Waals surface area contributed by atoms with E-state index in [1.165, 1.54) is 88.3 Å². The molecule has 0 fully saturated rings. The van der Waals surface area contributed by atoms with E-state index in [0.29, 0.717) is 0 Å². The van der Waals surface area contributed by atoms with Crippen LogP contribution in [0.15, 0.2) is 283 Å². The average molecular weight is 955 g/mol. The highest BCUT2D eigenvalue weighted by atomic mass is 16.3. The van der Waals surface area contributed by atoms with Crippen molar-refractivity contribution in [3.05, 3.63) is 279 Å². The summed E-state index contributed by atoms with van der Waals surface area (Å²) in [4.78, 5) is 0. The van der Waals surface area contributed by atoms with Crippen LogP contribution in [0.1, 0.15) is 0 Å². The van der Waals surface area contributed by atoms with Gasteiger partial charge in [0.2, 0.25) is 0 Å². The van der Waals surface area contributed by atoms with E-state index in [-0.39, 0.29) is 0 Å². The minimum Gasteiger partial charge on any atom is -0.456 e. The van der Waals surface area contributed by atoms with Crippen molar-refractivity contribution in [3.63, 3.8) is 0 Å². The molecule has 0 N–H and O–H groups in total. The molecule has 0 amide bonds. The van der Waals surface area contributed by atoms with Gasteiger partial charge in [-0.3, -0.25) is 0 Å². The van der Waals surface area contributed by atoms with Crippen LogP contribution in [0.2, 0.25) is 0 Å². The Morgan fingerprint density at radius 1 is 0.187 bits per heavy atom. The third-order valence-corrected chi connectivity index (χ3v) is 15.3. The predicted molar refractivity (Wildman–Crippen MR) is 315 cm³/mol. The summed E-state index contributed by atoms with van der Waals surface area (Å²) < 4.78 is 11.4. The van der Waals surface area contributed by atoms with Crippen molar-refractivity contribution < 1.29 is 4.42 Å². The molecule has 0 bridgehead atoms. The normalized spacial score (nSPS) is 11.7. The first kappa shape index (κ1) is 42.7. The fraction of sp³-hybridized carbons (Fsp3) is 0. The summed E-state index contributed by atoms with van der Waals surface area (Å²) in [5, 5.41) is 7.01. The molecule has 15 aromatic rings. The van der Waals surface area contributed by atoms with Gasteiger partial charge in [-0.1, -0.05) is 170 Å². The Hall–Kier alpha value is -9.96. The first-order chi connectivity index (χ1) is 37.1. The molecular weight excluding hydrogens is 909 g/mol. The maximum atomic E-state index is 6.62. The Morgan fingerprint density at radius 2 is 0.493 bits per heavy atom. The monoisotopic (exact) mass is 954 g/mol. The van der Waals surface area contributed by atoms with Gasteiger partial charge in [-0.15, -0.1) is 0 Å². The Morgan fingerprint density at radius 3 is 0.853 bits per heavy atom. The summed E-state index contributed by atoms with van der Waals surface area (Å²) in [7, 11) is 0. The molecule has 0 saturated heterocycles. The van der Waals surface area contributed by atoms with E-state index >= 15 is 0 Å². The molecule has 3 heteroatoms. The van der Waals surface area contributed by atoms with E-state index < -0.39 is 0 Å². The van der Waals surface area contributed by atoms with Crippen molar-refractivity contribution in [2.45, 2.75) is 0 Å². The Bertz CT molecular complexity index is 4260. The lowest BCUT2D eigenvalue weighted by Gasteiger charge is -2.12. The summed E-state index contributed by atoms with van der Waals surface area (Å²) in [6, 6.07) is 102. The number of nitrogens with zero attached hydrogens (tertiary/aromatic N) is 2. The third kappa shape index (κ3) is 7.28. The van der Waals surface area contributed by atoms with Gasteiger partial charge in [0.15, 0.2) is 0 Å². The molecule has 0 aliphatic carbocycles. The number of benzene rings is 12. The van der Waals surface area contributed by atoms with E-state index in [1.807, 2.05) is 0 Å². The first-order valence-corrected chi connectivity index (χ1v) is 25.7. The molecule has 0 spiro atoms. The Labute approximate surface area is 434 Å². The van der Waals surface area contributed by atoms with Crippen LogP contribution in [0.3, 0.4) is 0 Å². The van der Waals surface area contributed by atoms with E-state index in [0.717, 1.165) is 55.4 Å². The lowest BCUT2D eigenvalue weighted by molar-refractivity contribution is 0.669. The van der Waals surface area contributed by atoms with E-state index in [9.17, 15) is 0 Å². The Kier molecular flexibility index (Phi) is 9.89. The molecule has 75 heavy (non-hydrogen) atoms. The fourth-order valence-electron chi connectivity index (χ4n) is 11.7. The average Bonchev–Trinajstić information content (AvgIpc) is 4.18. The number of fused-ring (bicyclic) bond motifs is 9. The van der Waals surface area contributed by atoms with Crippen LogP contribution in [0.25, 0.3) is 144 Å². The molecular formula is C72H46N2O. The summed E-state index contributed by atoms with van der Waals surface area (Å²) in [5.41, 5.74) is 22.9. The molecule has 12 aromatic carbocycles. The van der Waals surface area contributed by atoms with Crippen molar-refractivity contribution >= 4 is 65.6 Å². The summed E-state index contributed by atoms with van der Waals surface area (Å²) in [5.74, 6) is 0. The maximum absolute atomic E-state index is 6.62. The maximum Gasteiger partial charge on any atom is 0.135 e. The van der Waals surface area contributed by atoms with Crippen molar-refractivity contribution in [1.82, 2.24) is 9.13 Å². The fourth-order valence-corrected chi connectivity index (χ4v) is 11.7. The van der Waals surface area contributed by atoms with Gasteiger partial charge in [-0.2, -0.15) is 0 Å². The minimum absolute atomic E-state index is 0.862. The summed E-state index contributed by atoms with van der Waals surface area (Å²) >= 11 is 0. The van der Waals surface area contributed by atoms with Crippen molar-refractivity contribution in [2.24, 2.45) is 0 Å². The van der Waals surface area contributed by atoms with Crippen LogP contribution in [-0.4, -0.2) is 9.13 Å². The molecule has 15 rings (SSSR count). The molecule has 3 aromatic heterocycles. The smallest absolute Gasteiger partial charge is 0.135 e. The quantitative estimate of drug-likeness (QED) is 0.149. The van der Waals surface area contributed by atoms with Crippen LogP contribution >= 0.6 is 0 Å². The van der Waals surface area contributed by atoms with Gasteiger partial charge < -0.3 is 13.6 Å². The van der Waals surface area contributed by atoms with Crippen molar-refractivity contribution in [1.29, 1.82) is 0 Å². The number of hydrogen-bond acceptors (Lipinski definition) is 1. The number of hydrogen-bond donors (Lipinski definition) is 0. The number of aromatic nitrogens is 2. The van der Waals surface area contributed by atoms with Crippen LogP contribution in [-0.2, 0) is 0 Å². The van der Waals surface area contributed by atoms with Crippen LogP contribution < -0.4 is 0 Å². The minimum atomic E-state index is 0.862. The summed E-state index contributed by atoms with van der Waals surface area (Å²) in [6.45, 7) is 0. The van der Waals surface area contributed by atoms with Crippen molar-refractivity contribution in [3.8, 4) is 78.1 Å². The topological polar surface area (TPSA) is 23.0 Å². The zero-order valence-electron chi connectivity index (χ0n) is 40.9. The van der Waals surface area contributed by atoms with Gasteiger partial charge in [0, 0.05) is 43.7 Å². The van der Waals surface area contributed by atoms with E-state index in [1.54, 1.807) is 0 Å². The second-order valence-electron chi connectivity index (χ2n) is 19.7. The molecule has 0 atom stereocenters. The van der Waals surface area contributed by atoms with Crippen LogP contribution in [0, 0.1) is 0 Å². The highest BCUT2D eigenvalue weighted by molar-refractivity contribution is 6.13. The van der Waals surface area contributed by atoms with Gasteiger partial charge >= 0.3 is 0 Å². The Balaban J connectivity index is 0.848. The molecule has 0 radical (unpaired) electrons. The zero-order valence-corrected chi connectivity index (χ0v) is 40.9. The highest BCUT2D eigenvalue weighted by Crippen LogP contribution is 2.42.